The summed E-state index contributed by atoms with van der Waals surface area (Å²) in [5.41, 5.74) is 1.05. The Labute approximate surface area is 94.2 Å². The van der Waals surface area contributed by atoms with E-state index in [0.717, 1.165) is 5.69 Å². The molecule has 3 N–H and O–H groups in total. The van der Waals surface area contributed by atoms with E-state index in [4.69, 9.17) is 10.4 Å². The zero-order chi connectivity index (χ0) is 12.0. The summed E-state index contributed by atoms with van der Waals surface area (Å²) >= 11 is 0. The lowest BCUT2D eigenvalue weighted by atomic mass is 10.3. The van der Waals surface area contributed by atoms with Gasteiger partial charge in [0, 0.05) is 18.4 Å². The molecule has 7 heteroatoms. The van der Waals surface area contributed by atoms with Gasteiger partial charge in [-0.05, 0) is 18.6 Å². The van der Waals surface area contributed by atoms with Crippen LogP contribution in [0.3, 0.4) is 0 Å². The fraction of sp³-hybridized carbons (Fsp3) is 0.333. The van der Waals surface area contributed by atoms with E-state index in [1.54, 1.807) is 12.1 Å². The fourth-order valence-corrected chi connectivity index (χ4v) is 1.65. The molecule has 0 bridgehead atoms. The van der Waals surface area contributed by atoms with Gasteiger partial charge in [-0.25, -0.2) is 18.5 Å². The van der Waals surface area contributed by atoms with Crippen molar-refractivity contribution in [2.75, 3.05) is 17.6 Å². The highest BCUT2D eigenvalue weighted by atomic mass is 32.2. The van der Waals surface area contributed by atoms with Crippen LogP contribution >= 0.6 is 0 Å². The predicted molar refractivity (Wildman–Crippen MR) is 60.0 cm³/mol. The van der Waals surface area contributed by atoms with E-state index in [9.17, 15) is 8.42 Å². The second-order valence-corrected chi connectivity index (χ2v) is 4.92. The van der Waals surface area contributed by atoms with Crippen molar-refractivity contribution in [3.05, 3.63) is 24.0 Å². The number of anilines is 1. The van der Waals surface area contributed by atoms with Gasteiger partial charge in [-0.15, -0.1) is 0 Å². The summed E-state index contributed by atoms with van der Waals surface area (Å²) in [7, 11) is -3.40. The number of nitrogens with two attached hydrogens (primary N) is 1. The average molecular weight is 240 g/mol. The van der Waals surface area contributed by atoms with Gasteiger partial charge in [0.1, 0.15) is 11.8 Å². The number of rotatable bonds is 5. The Kier molecular flexibility index (Phi) is 4.22. The molecule has 6 nitrogen and oxygen atoms in total. The Morgan fingerprint density at radius 3 is 2.94 bits per heavy atom. The molecule has 0 fully saturated rings. The molecule has 1 aromatic heterocycles. The molecule has 0 unspecified atom stereocenters. The first-order valence-electron chi connectivity index (χ1n) is 4.62. The first-order valence-corrected chi connectivity index (χ1v) is 6.33. The molecule has 0 atom stereocenters. The van der Waals surface area contributed by atoms with E-state index >= 15 is 0 Å². The monoisotopic (exact) mass is 240 g/mol. The standard InChI is InChI=1S/C9H12N4O2S/c10-7-9-6-8(2-4-13-9)12-3-1-5-16(11,14)15/h2,4,6H,1,3,5H2,(H,12,13)(H2,11,14,15). The number of sulfonamides is 1. The lowest BCUT2D eigenvalue weighted by Crippen LogP contribution is -2.18. The molecule has 1 heterocycles. The summed E-state index contributed by atoms with van der Waals surface area (Å²) in [4.78, 5) is 3.81. The number of aromatic nitrogens is 1. The number of nitriles is 1. The van der Waals surface area contributed by atoms with Crippen LogP contribution < -0.4 is 10.5 Å². The topological polar surface area (TPSA) is 109 Å². The summed E-state index contributed by atoms with van der Waals surface area (Å²) in [6.45, 7) is 0.477. The third kappa shape index (κ3) is 4.72. The zero-order valence-electron chi connectivity index (χ0n) is 8.55. The second-order valence-electron chi connectivity index (χ2n) is 3.19. The Morgan fingerprint density at radius 2 is 2.31 bits per heavy atom. The van der Waals surface area contributed by atoms with Crippen LogP contribution in [0.5, 0.6) is 0 Å². The van der Waals surface area contributed by atoms with Gasteiger partial charge < -0.3 is 5.32 Å². The zero-order valence-corrected chi connectivity index (χ0v) is 9.37. The van der Waals surface area contributed by atoms with E-state index in [1.807, 2.05) is 6.07 Å². The molecule has 0 spiro atoms. The Balaban J connectivity index is 2.41. The highest BCUT2D eigenvalue weighted by Gasteiger charge is 2.01. The number of hydrogen-bond donors (Lipinski definition) is 2. The lowest BCUT2D eigenvalue weighted by molar-refractivity contribution is 0.596. The van der Waals surface area contributed by atoms with Crippen LogP contribution in [0.2, 0.25) is 0 Å². The molecule has 0 saturated heterocycles. The quantitative estimate of drug-likeness (QED) is 0.706. The average Bonchev–Trinajstić information content (AvgIpc) is 2.23. The van der Waals surface area contributed by atoms with Gasteiger partial charge in [-0.1, -0.05) is 0 Å². The van der Waals surface area contributed by atoms with Gasteiger partial charge in [0.05, 0.1) is 5.75 Å². The molecule has 1 rings (SSSR count). The number of primary sulfonamides is 1. The van der Waals surface area contributed by atoms with Gasteiger partial charge >= 0.3 is 0 Å². The SMILES string of the molecule is N#Cc1cc(NCCCS(N)(=O)=O)ccn1. The first kappa shape index (κ1) is 12.4. The smallest absolute Gasteiger partial charge is 0.209 e. The molecule has 0 aliphatic rings. The molecule has 0 aromatic carbocycles. The van der Waals surface area contributed by atoms with Crippen molar-refractivity contribution in [2.45, 2.75) is 6.42 Å². The van der Waals surface area contributed by atoms with Crippen LogP contribution in [-0.4, -0.2) is 25.7 Å². The van der Waals surface area contributed by atoms with Crippen molar-refractivity contribution in [1.29, 1.82) is 5.26 Å². The van der Waals surface area contributed by atoms with E-state index < -0.39 is 10.0 Å². The van der Waals surface area contributed by atoms with E-state index in [1.165, 1.54) is 6.20 Å². The highest BCUT2D eigenvalue weighted by molar-refractivity contribution is 7.89. The summed E-state index contributed by atoms with van der Waals surface area (Å²) < 4.78 is 21.3. The van der Waals surface area contributed by atoms with E-state index in [-0.39, 0.29) is 5.75 Å². The number of pyridine rings is 1. The minimum Gasteiger partial charge on any atom is -0.385 e. The lowest BCUT2D eigenvalue weighted by Gasteiger charge is -2.05. The summed E-state index contributed by atoms with van der Waals surface area (Å²) in [6.07, 6.45) is 1.93. The van der Waals surface area contributed by atoms with Crippen molar-refractivity contribution in [2.24, 2.45) is 5.14 Å². The third-order valence-electron chi connectivity index (χ3n) is 1.81. The number of nitrogens with one attached hydrogen (secondary N) is 1. The molecule has 1 aromatic rings. The maximum absolute atomic E-state index is 10.6. The van der Waals surface area contributed by atoms with Crippen LogP contribution in [0.25, 0.3) is 0 Å². The van der Waals surface area contributed by atoms with Crippen molar-refractivity contribution < 1.29 is 8.42 Å². The summed E-state index contributed by atoms with van der Waals surface area (Å²) in [6, 6.07) is 5.22. The van der Waals surface area contributed by atoms with Crippen LogP contribution in [0, 0.1) is 11.3 Å². The van der Waals surface area contributed by atoms with E-state index in [2.05, 4.69) is 10.3 Å². The summed E-state index contributed by atoms with van der Waals surface area (Å²) in [5, 5.41) is 16.4. The predicted octanol–water partition coefficient (Wildman–Crippen LogP) is 0.0438. The van der Waals surface area contributed by atoms with Crippen molar-refractivity contribution >= 4 is 15.7 Å². The Morgan fingerprint density at radius 1 is 1.56 bits per heavy atom. The van der Waals surface area contributed by atoms with Crippen LogP contribution in [-0.2, 0) is 10.0 Å². The van der Waals surface area contributed by atoms with Crippen LogP contribution in [0.4, 0.5) is 5.69 Å². The normalized spacial score (nSPS) is 10.8. The van der Waals surface area contributed by atoms with Gasteiger partial charge in [-0.3, -0.25) is 0 Å². The molecule has 16 heavy (non-hydrogen) atoms. The highest BCUT2D eigenvalue weighted by Crippen LogP contribution is 2.06. The van der Waals surface area contributed by atoms with Gasteiger partial charge in [-0.2, -0.15) is 5.26 Å². The van der Waals surface area contributed by atoms with Crippen molar-refractivity contribution in [3.8, 4) is 6.07 Å². The van der Waals surface area contributed by atoms with Crippen LogP contribution in [0.15, 0.2) is 18.3 Å². The van der Waals surface area contributed by atoms with E-state index in [0.29, 0.717) is 18.7 Å². The number of hydrogen-bond acceptors (Lipinski definition) is 5. The Bertz CT molecular complexity index is 492. The maximum Gasteiger partial charge on any atom is 0.209 e. The van der Waals surface area contributed by atoms with Crippen molar-refractivity contribution in [1.82, 2.24) is 4.98 Å². The molecule has 0 aliphatic carbocycles. The molecular weight excluding hydrogens is 228 g/mol. The Hall–Kier alpha value is -1.65. The maximum atomic E-state index is 10.6. The molecule has 86 valence electrons. The molecule has 0 aliphatic heterocycles. The van der Waals surface area contributed by atoms with Gasteiger partial charge in [0.15, 0.2) is 0 Å². The number of nitrogens with zero attached hydrogens (tertiary/aromatic N) is 2. The second kappa shape index (κ2) is 5.44. The van der Waals surface area contributed by atoms with Crippen LogP contribution in [0.1, 0.15) is 12.1 Å². The largest absolute Gasteiger partial charge is 0.385 e. The minimum atomic E-state index is -3.40. The minimum absolute atomic E-state index is 0.0593. The third-order valence-corrected chi connectivity index (χ3v) is 2.67. The molecular formula is C9H12N4O2S. The molecule has 0 radical (unpaired) electrons. The van der Waals surface area contributed by atoms with Gasteiger partial charge in [0.2, 0.25) is 10.0 Å². The van der Waals surface area contributed by atoms with Gasteiger partial charge in [0.25, 0.3) is 0 Å². The summed E-state index contributed by atoms with van der Waals surface area (Å²) in [5.74, 6) is -0.0593. The molecule has 0 amide bonds. The van der Waals surface area contributed by atoms with Crippen molar-refractivity contribution in [3.63, 3.8) is 0 Å². The molecule has 0 saturated carbocycles. The fourth-order valence-electron chi connectivity index (χ4n) is 1.11. The first-order chi connectivity index (χ1) is 7.51.